The van der Waals surface area contributed by atoms with E-state index in [0.29, 0.717) is 11.1 Å². The Labute approximate surface area is 131 Å². The standard InChI is InChI=1S/C16H15N3O.C2H6/c17-9-11-5-7-12(8-6-11)19-10-14(16(18)20)13-3-1-2-4-15(13)19;1-2/h4-8,10,13H,1-3H2,(H2,18,20);1-2H3. The summed E-state index contributed by atoms with van der Waals surface area (Å²) in [4.78, 5) is 13.6. The fraction of sp³-hybridized carbons (Fsp3) is 0.333. The maximum absolute atomic E-state index is 11.6. The van der Waals surface area contributed by atoms with Gasteiger partial charge in [0.05, 0.1) is 11.6 Å². The molecule has 0 fully saturated rings. The molecule has 0 aromatic heterocycles. The smallest absolute Gasteiger partial charge is 0.246 e. The number of benzene rings is 1. The van der Waals surface area contributed by atoms with Crippen molar-refractivity contribution < 1.29 is 4.79 Å². The summed E-state index contributed by atoms with van der Waals surface area (Å²) < 4.78 is 0. The number of nitriles is 1. The molecule has 1 aromatic rings. The summed E-state index contributed by atoms with van der Waals surface area (Å²) in [5, 5.41) is 8.85. The molecule has 0 saturated carbocycles. The fourth-order valence-corrected chi connectivity index (χ4v) is 2.90. The molecule has 0 radical (unpaired) electrons. The Balaban J connectivity index is 0.000000847. The predicted octanol–water partition coefficient (Wildman–Crippen LogP) is 3.46. The molecule has 1 aliphatic heterocycles. The first kappa shape index (κ1) is 15.8. The Hall–Kier alpha value is -2.54. The molecule has 4 heteroatoms. The number of primary amides is 1. The molecule has 2 N–H and O–H groups in total. The lowest BCUT2D eigenvalue weighted by Crippen LogP contribution is -2.21. The Morgan fingerprint density at radius 1 is 1.32 bits per heavy atom. The zero-order valence-corrected chi connectivity index (χ0v) is 13.0. The van der Waals surface area contributed by atoms with Gasteiger partial charge in [-0.15, -0.1) is 0 Å². The molecule has 2 aliphatic rings. The molecule has 3 rings (SSSR count). The van der Waals surface area contributed by atoms with Crippen LogP contribution in [0.5, 0.6) is 0 Å². The number of nitrogens with zero attached hydrogens (tertiary/aromatic N) is 2. The zero-order valence-electron chi connectivity index (χ0n) is 13.0. The van der Waals surface area contributed by atoms with Crippen LogP contribution in [0.4, 0.5) is 5.69 Å². The number of amides is 1. The number of fused-ring (bicyclic) bond motifs is 1. The van der Waals surface area contributed by atoms with Crippen molar-refractivity contribution in [2.45, 2.75) is 33.1 Å². The Bertz CT molecular complexity index is 650. The summed E-state index contributed by atoms with van der Waals surface area (Å²) in [7, 11) is 0. The van der Waals surface area contributed by atoms with Crippen molar-refractivity contribution >= 4 is 11.6 Å². The van der Waals surface area contributed by atoms with Crippen LogP contribution in [0.3, 0.4) is 0 Å². The number of rotatable bonds is 2. The van der Waals surface area contributed by atoms with Gasteiger partial charge in [0.25, 0.3) is 0 Å². The summed E-state index contributed by atoms with van der Waals surface area (Å²) in [5.74, 6) is -0.226. The molecule has 1 unspecified atom stereocenters. The van der Waals surface area contributed by atoms with Gasteiger partial charge < -0.3 is 10.6 Å². The monoisotopic (exact) mass is 295 g/mol. The average Bonchev–Trinajstić information content (AvgIpc) is 2.97. The van der Waals surface area contributed by atoms with E-state index in [1.165, 1.54) is 0 Å². The van der Waals surface area contributed by atoms with Crippen molar-refractivity contribution in [1.82, 2.24) is 0 Å². The van der Waals surface area contributed by atoms with Gasteiger partial charge in [-0.25, -0.2) is 0 Å². The van der Waals surface area contributed by atoms with Crippen molar-refractivity contribution in [3.05, 3.63) is 53.4 Å². The molecular weight excluding hydrogens is 274 g/mol. The van der Waals surface area contributed by atoms with Gasteiger partial charge in [-0.2, -0.15) is 5.26 Å². The Morgan fingerprint density at radius 3 is 2.59 bits per heavy atom. The van der Waals surface area contributed by atoms with E-state index >= 15 is 0 Å². The molecule has 22 heavy (non-hydrogen) atoms. The quantitative estimate of drug-likeness (QED) is 0.908. The first-order valence-electron chi connectivity index (χ1n) is 7.71. The largest absolute Gasteiger partial charge is 0.366 e. The van der Waals surface area contributed by atoms with Crippen molar-refractivity contribution in [2.24, 2.45) is 11.7 Å². The summed E-state index contributed by atoms with van der Waals surface area (Å²) in [6, 6.07) is 9.46. The fourth-order valence-electron chi connectivity index (χ4n) is 2.90. The van der Waals surface area contributed by atoms with E-state index in [-0.39, 0.29) is 11.8 Å². The minimum absolute atomic E-state index is 0.122. The number of hydrogen-bond donors (Lipinski definition) is 1. The van der Waals surface area contributed by atoms with Crippen molar-refractivity contribution in [3.8, 4) is 6.07 Å². The van der Waals surface area contributed by atoms with Crippen LogP contribution < -0.4 is 10.6 Å². The lowest BCUT2D eigenvalue weighted by Gasteiger charge is -2.25. The third-order valence-electron chi connectivity index (χ3n) is 3.89. The highest BCUT2D eigenvalue weighted by Gasteiger charge is 2.34. The third-order valence-corrected chi connectivity index (χ3v) is 3.89. The number of carbonyl (C=O) groups is 1. The molecule has 1 heterocycles. The molecule has 1 aliphatic carbocycles. The third kappa shape index (κ3) is 2.89. The molecule has 4 nitrogen and oxygen atoms in total. The molecular formula is C18H21N3O. The molecule has 1 atom stereocenters. The van der Waals surface area contributed by atoms with Crippen molar-refractivity contribution in [1.29, 1.82) is 5.26 Å². The van der Waals surface area contributed by atoms with E-state index in [0.717, 1.165) is 30.6 Å². The minimum Gasteiger partial charge on any atom is -0.366 e. The van der Waals surface area contributed by atoms with Gasteiger partial charge in [-0.1, -0.05) is 19.9 Å². The van der Waals surface area contributed by atoms with E-state index in [2.05, 4.69) is 12.1 Å². The second kappa shape index (κ2) is 6.95. The van der Waals surface area contributed by atoms with Crippen LogP contribution in [0.2, 0.25) is 0 Å². The summed E-state index contributed by atoms with van der Waals surface area (Å²) >= 11 is 0. The molecule has 0 spiro atoms. The van der Waals surface area contributed by atoms with E-state index in [9.17, 15) is 4.79 Å². The molecule has 0 bridgehead atoms. The average molecular weight is 295 g/mol. The van der Waals surface area contributed by atoms with Crippen LogP contribution in [-0.4, -0.2) is 5.91 Å². The van der Waals surface area contributed by atoms with Gasteiger partial charge in [0.1, 0.15) is 0 Å². The highest BCUT2D eigenvalue weighted by molar-refractivity contribution is 5.95. The van der Waals surface area contributed by atoms with E-state index in [1.54, 1.807) is 12.1 Å². The highest BCUT2D eigenvalue weighted by Crippen LogP contribution is 2.41. The predicted molar refractivity (Wildman–Crippen MR) is 87.7 cm³/mol. The van der Waals surface area contributed by atoms with Crippen LogP contribution in [-0.2, 0) is 4.79 Å². The topological polar surface area (TPSA) is 70.1 Å². The van der Waals surface area contributed by atoms with Gasteiger partial charge in [-0.05, 0) is 43.5 Å². The van der Waals surface area contributed by atoms with Gasteiger partial charge in [0.2, 0.25) is 5.91 Å². The summed E-state index contributed by atoms with van der Waals surface area (Å²) in [6.07, 6.45) is 7.09. The first-order valence-corrected chi connectivity index (χ1v) is 7.71. The van der Waals surface area contributed by atoms with Crippen LogP contribution in [0.25, 0.3) is 0 Å². The van der Waals surface area contributed by atoms with Crippen LogP contribution in [0, 0.1) is 17.2 Å². The Kier molecular flexibility index (Phi) is 5.00. The maximum atomic E-state index is 11.6. The lowest BCUT2D eigenvalue weighted by molar-refractivity contribution is -0.114. The molecule has 0 saturated heterocycles. The van der Waals surface area contributed by atoms with Crippen LogP contribution in [0.1, 0.15) is 38.7 Å². The van der Waals surface area contributed by atoms with Crippen molar-refractivity contribution in [3.63, 3.8) is 0 Å². The normalized spacial score (nSPS) is 19.1. The minimum atomic E-state index is -0.348. The van der Waals surface area contributed by atoms with Gasteiger partial charge in [-0.3, -0.25) is 4.79 Å². The van der Waals surface area contributed by atoms with E-state index in [4.69, 9.17) is 11.0 Å². The number of hydrogen-bond acceptors (Lipinski definition) is 3. The number of nitrogens with two attached hydrogens (primary N) is 1. The number of carbonyl (C=O) groups excluding carboxylic acids is 1. The maximum Gasteiger partial charge on any atom is 0.246 e. The SMILES string of the molecule is CC.N#Cc1ccc(N2C=C(C(N)=O)C3CCCC=C32)cc1. The molecule has 1 amide bonds. The number of allylic oxidation sites excluding steroid dienone is 2. The first-order chi connectivity index (χ1) is 10.7. The molecule has 114 valence electrons. The van der Waals surface area contributed by atoms with Gasteiger partial charge in [0, 0.05) is 29.1 Å². The zero-order chi connectivity index (χ0) is 16.1. The van der Waals surface area contributed by atoms with E-state index in [1.807, 2.05) is 37.1 Å². The molecule has 1 aromatic carbocycles. The second-order valence-corrected chi connectivity index (χ2v) is 5.09. The lowest BCUT2D eigenvalue weighted by atomic mass is 9.88. The summed E-state index contributed by atoms with van der Waals surface area (Å²) in [6.45, 7) is 4.00. The number of anilines is 1. The highest BCUT2D eigenvalue weighted by atomic mass is 16.1. The summed E-state index contributed by atoms with van der Waals surface area (Å²) in [5.41, 5.74) is 8.88. The van der Waals surface area contributed by atoms with Gasteiger partial charge >= 0.3 is 0 Å². The second-order valence-electron chi connectivity index (χ2n) is 5.09. The Morgan fingerprint density at radius 2 is 2.00 bits per heavy atom. The van der Waals surface area contributed by atoms with Crippen LogP contribution in [0.15, 0.2) is 47.8 Å². The van der Waals surface area contributed by atoms with Gasteiger partial charge in [0.15, 0.2) is 0 Å². The van der Waals surface area contributed by atoms with Crippen molar-refractivity contribution in [2.75, 3.05) is 4.90 Å². The van der Waals surface area contributed by atoms with E-state index < -0.39 is 0 Å². The van der Waals surface area contributed by atoms with Crippen LogP contribution >= 0.6 is 0 Å².